The molecule has 0 radical (unpaired) electrons. The number of hydrogen-bond acceptors (Lipinski definition) is 4. The topological polar surface area (TPSA) is 52.6 Å². The van der Waals surface area contributed by atoms with Crippen molar-refractivity contribution in [1.82, 2.24) is 0 Å². The number of rotatable bonds is 20. The first-order valence-corrected chi connectivity index (χ1v) is 12.5. The Morgan fingerprint density at radius 3 is 1.17 bits per heavy atom. The quantitative estimate of drug-likeness (QED) is 0.114. The molecule has 4 heteroatoms. The Bertz CT molecular complexity index is 400. The van der Waals surface area contributed by atoms with Gasteiger partial charge in [-0.2, -0.15) is 0 Å². The van der Waals surface area contributed by atoms with E-state index in [1.807, 2.05) is 27.7 Å². The van der Waals surface area contributed by atoms with E-state index in [0.29, 0.717) is 12.8 Å². The van der Waals surface area contributed by atoms with Gasteiger partial charge >= 0.3 is 11.9 Å². The molecular formula is C26H48O4. The molecule has 0 aliphatic carbocycles. The number of hydrogen-bond donors (Lipinski definition) is 0. The van der Waals surface area contributed by atoms with Crippen LogP contribution >= 0.6 is 0 Å². The molecule has 0 saturated carbocycles. The predicted molar refractivity (Wildman–Crippen MR) is 125 cm³/mol. The molecule has 0 aromatic rings. The van der Waals surface area contributed by atoms with E-state index in [1.54, 1.807) is 0 Å². The molecule has 0 bridgehead atoms. The van der Waals surface area contributed by atoms with E-state index in [0.717, 1.165) is 25.7 Å². The lowest BCUT2D eigenvalue weighted by atomic mass is 10.1. The average molecular weight is 425 g/mol. The number of carbonyl (C=O) groups is 2. The number of esters is 2. The van der Waals surface area contributed by atoms with E-state index in [2.05, 4.69) is 12.2 Å². The van der Waals surface area contributed by atoms with Gasteiger partial charge in [0.15, 0.2) is 0 Å². The molecule has 0 aliphatic rings. The number of allylic oxidation sites excluding steroid dienone is 2. The second-order valence-electron chi connectivity index (χ2n) is 8.87. The summed E-state index contributed by atoms with van der Waals surface area (Å²) >= 11 is 0. The smallest absolute Gasteiger partial charge is 0.306 e. The highest BCUT2D eigenvalue weighted by Crippen LogP contribution is 2.12. The zero-order chi connectivity index (χ0) is 22.5. The van der Waals surface area contributed by atoms with Crippen molar-refractivity contribution in [2.45, 2.75) is 143 Å². The number of carbonyl (C=O) groups excluding carboxylic acids is 2. The van der Waals surface area contributed by atoms with Gasteiger partial charge in [0.1, 0.15) is 0 Å². The van der Waals surface area contributed by atoms with Gasteiger partial charge < -0.3 is 9.47 Å². The molecule has 0 aromatic carbocycles. The van der Waals surface area contributed by atoms with Crippen molar-refractivity contribution in [3.8, 4) is 0 Å². The van der Waals surface area contributed by atoms with Gasteiger partial charge in [-0.3, -0.25) is 9.59 Å². The van der Waals surface area contributed by atoms with Crippen LogP contribution in [0.3, 0.4) is 0 Å². The Hall–Kier alpha value is -1.32. The first kappa shape index (κ1) is 28.7. The molecule has 0 fully saturated rings. The van der Waals surface area contributed by atoms with Gasteiger partial charge in [0.2, 0.25) is 0 Å². The number of unbranched alkanes of at least 4 members (excludes halogenated alkanes) is 12. The Labute approximate surface area is 186 Å². The van der Waals surface area contributed by atoms with Gasteiger partial charge in [-0.15, -0.1) is 0 Å². The maximum Gasteiger partial charge on any atom is 0.306 e. The van der Waals surface area contributed by atoms with Crippen LogP contribution in [-0.2, 0) is 19.1 Å². The highest BCUT2D eigenvalue weighted by atomic mass is 16.5. The van der Waals surface area contributed by atoms with Crippen LogP contribution in [0.5, 0.6) is 0 Å². The summed E-state index contributed by atoms with van der Waals surface area (Å²) in [7, 11) is 0. The fourth-order valence-electron chi connectivity index (χ4n) is 3.36. The molecule has 0 rings (SSSR count). The highest BCUT2D eigenvalue weighted by Gasteiger charge is 2.05. The average Bonchev–Trinajstić information content (AvgIpc) is 2.65. The fourth-order valence-corrected chi connectivity index (χ4v) is 3.36. The van der Waals surface area contributed by atoms with Crippen LogP contribution in [0.15, 0.2) is 12.2 Å². The number of ether oxygens (including phenoxy) is 2. The summed E-state index contributed by atoms with van der Waals surface area (Å²) in [6, 6.07) is 0. The zero-order valence-corrected chi connectivity index (χ0v) is 20.3. The normalized spacial score (nSPS) is 11.5. The maximum absolute atomic E-state index is 11.4. The lowest BCUT2D eigenvalue weighted by molar-refractivity contribution is -0.148. The van der Waals surface area contributed by atoms with Crippen LogP contribution in [0.25, 0.3) is 0 Å². The largest absolute Gasteiger partial charge is 0.463 e. The second kappa shape index (κ2) is 20.9. The Morgan fingerprint density at radius 2 is 0.833 bits per heavy atom. The summed E-state index contributed by atoms with van der Waals surface area (Å²) in [6.07, 6.45) is 22.4. The summed E-state index contributed by atoms with van der Waals surface area (Å²) in [5, 5.41) is 0. The van der Waals surface area contributed by atoms with Crippen LogP contribution < -0.4 is 0 Å². The van der Waals surface area contributed by atoms with Crippen molar-refractivity contribution in [2.24, 2.45) is 0 Å². The van der Waals surface area contributed by atoms with Crippen LogP contribution in [0.4, 0.5) is 0 Å². The van der Waals surface area contributed by atoms with Crippen LogP contribution in [0.1, 0.15) is 130 Å². The minimum atomic E-state index is -0.0566. The van der Waals surface area contributed by atoms with Crippen molar-refractivity contribution in [3.63, 3.8) is 0 Å². The summed E-state index contributed by atoms with van der Waals surface area (Å²) in [5.74, 6) is -0.113. The third kappa shape index (κ3) is 23.0. The van der Waals surface area contributed by atoms with Crippen LogP contribution in [0.2, 0.25) is 0 Å². The molecular weight excluding hydrogens is 376 g/mol. The third-order valence-electron chi connectivity index (χ3n) is 4.90. The van der Waals surface area contributed by atoms with Gasteiger partial charge in [-0.05, 0) is 66.2 Å². The van der Waals surface area contributed by atoms with Gasteiger partial charge in [0, 0.05) is 12.8 Å². The SMILES string of the molecule is CC(C)OC(=O)CCCCCCCC/C=C/CCCCCCCCC(=O)OC(C)C. The van der Waals surface area contributed by atoms with Crippen molar-refractivity contribution in [1.29, 1.82) is 0 Å². The van der Waals surface area contributed by atoms with E-state index in [1.165, 1.54) is 64.2 Å². The molecule has 0 aromatic heterocycles. The van der Waals surface area contributed by atoms with E-state index < -0.39 is 0 Å². The molecule has 4 nitrogen and oxygen atoms in total. The Morgan fingerprint density at radius 1 is 0.533 bits per heavy atom. The van der Waals surface area contributed by atoms with Crippen molar-refractivity contribution in [3.05, 3.63) is 12.2 Å². The Kier molecular flexibility index (Phi) is 20.0. The molecule has 0 amide bonds. The second-order valence-corrected chi connectivity index (χ2v) is 8.87. The zero-order valence-electron chi connectivity index (χ0n) is 20.3. The molecule has 0 heterocycles. The summed E-state index contributed by atoms with van der Waals surface area (Å²) in [4.78, 5) is 22.8. The van der Waals surface area contributed by atoms with E-state index in [9.17, 15) is 9.59 Å². The first-order chi connectivity index (χ1) is 14.4. The minimum absolute atomic E-state index is 0.00352. The molecule has 0 saturated heterocycles. The summed E-state index contributed by atoms with van der Waals surface area (Å²) < 4.78 is 10.3. The van der Waals surface area contributed by atoms with Gasteiger partial charge in [-0.1, -0.05) is 63.5 Å². The molecule has 0 N–H and O–H groups in total. The minimum Gasteiger partial charge on any atom is -0.463 e. The monoisotopic (exact) mass is 424 g/mol. The molecule has 0 spiro atoms. The third-order valence-corrected chi connectivity index (χ3v) is 4.90. The highest BCUT2D eigenvalue weighted by molar-refractivity contribution is 5.69. The standard InChI is InChI=1S/C26H48O4/c1-23(2)29-25(27)21-19-17-15-13-11-9-7-5-6-8-10-12-14-16-18-20-22-26(28)30-24(3)4/h5-6,23-24H,7-22H2,1-4H3/b6-5+. The predicted octanol–water partition coefficient (Wildman–Crippen LogP) is 7.69. The van der Waals surface area contributed by atoms with E-state index in [4.69, 9.17) is 9.47 Å². The van der Waals surface area contributed by atoms with E-state index >= 15 is 0 Å². The molecule has 0 atom stereocenters. The van der Waals surface area contributed by atoms with Crippen molar-refractivity contribution in [2.75, 3.05) is 0 Å². The van der Waals surface area contributed by atoms with Crippen LogP contribution in [0, 0.1) is 0 Å². The molecule has 176 valence electrons. The molecule has 30 heavy (non-hydrogen) atoms. The maximum atomic E-state index is 11.4. The van der Waals surface area contributed by atoms with Crippen molar-refractivity contribution >= 4 is 11.9 Å². The van der Waals surface area contributed by atoms with Crippen LogP contribution in [-0.4, -0.2) is 24.1 Å². The van der Waals surface area contributed by atoms with E-state index in [-0.39, 0.29) is 24.1 Å². The molecule has 0 unspecified atom stereocenters. The van der Waals surface area contributed by atoms with Crippen molar-refractivity contribution < 1.29 is 19.1 Å². The first-order valence-electron chi connectivity index (χ1n) is 12.5. The van der Waals surface area contributed by atoms with Gasteiger partial charge in [-0.25, -0.2) is 0 Å². The lowest BCUT2D eigenvalue weighted by Gasteiger charge is -2.07. The molecule has 0 aliphatic heterocycles. The van der Waals surface area contributed by atoms with Gasteiger partial charge in [0.05, 0.1) is 12.2 Å². The summed E-state index contributed by atoms with van der Waals surface area (Å²) in [5.41, 5.74) is 0. The lowest BCUT2D eigenvalue weighted by Crippen LogP contribution is -2.10. The van der Waals surface area contributed by atoms with Gasteiger partial charge in [0.25, 0.3) is 0 Å². The fraction of sp³-hybridized carbons (Fsp3) is 0.846. The summed E-state index contributed by atoms with van der Waals surface area (Å²) in [6.45, 7) is 7.58. The Balaban J connectivity index is 3.24.